The van der Waals surface area contributed by atoms with Gasteiger partial charge < -0.3 is 24.4 Å². The van der Waals surface area contributed by atoms with Crippen molar-refractivity contribution < 1.29 is 14.6 Å². The number of aryl methyl sites for hydroxylation is 1. The molecule has 0 aliphatic carbocycles. The number of aromatic nitrogens is 3. The van der Waals surface area contributed by atoms with E-state index in [9.17, 15) is 5.11 Å². The summed E-state index contributed by atoms with van der Waals surface area (Å²) in [6.45, 7) is 8.66. The summed E-state index contributed by atoms with van der Waals surface area (Å²) >= 11 is 5.29. The fraction of sp³-hybridized carbons (Fsp3) is 0.441. The number of hydrogen-bond donors (Lipinski definition) is 1. The minimum Gasteiger partial charge on any atom is -0.481 e. The molecule has 4 rings (SSSR count). The number of hydrogen-bond acceptors (Lipinski definition) is 9. The quantitative estimate of drug-likeness (QED) is 0.155. The number of thioether (sulfide) groups is 1. The molecule has 0 saturated carbocycles. The van der Waals surface area contributed by atoms with Gasteiger partial charge in [0, 0.05) is 53.7 Å². The number of halogens is 1. The minimum atomic E-state index is -1.40. The van der Waals surface area contributed by atoms with E-state index in [2.05, 4.69) is 50.9 Å². The molecule has 0 fully saturated rings. The molecule has 0 saturated heterocycles. The minimum absolute atomic E-state index is 0.423. The summed E-state index contributed by atoms with van der Waals surface area (Å²) < 4.78 is 12.5. The van der Waals surface area contributed by atoms with Gasteiger partial charge in [0.05, 0.1) is 24.8 Å². The van der Waals surface area contributed by atoms with Crippen LogP contribution in [0.2, 0.25) is 0 Å². The first-order valence-corrected chi connectivity index (χ1v) is 16.6. The van der Waals surface area contributed by atoms with Crippen molar-refractivity contribution in [3.8, 4) is 11.8 Å². The first kappa shape index (κ1) is 35.6. The van der Waals surface area contributed by atoms with Crippen LogP contribution in [0.1, 0.15) is 55.5 Å². The smallest absolute Gasteiger partial charge is 0.217 e. The van der Waals surface area contributed by atoms with Crippen molar-refractivity contribution in [1.82, 2.24) is 19.9 Å². The molecule has 0 bridgehead atoms. The van der Waals surface area contributed by atoms with Crippen molar-refractivity contribution in [2.45, 2.75) is 50.7 Å². The van der Waals surface area contributed by atoms with E-state index in [0.29, 0.717) is 30.3 Å². The van der Waals surface area contributed by atoms with Crippen LogP contribution >= 0.6 is 27.7 Å². The van der Waals surface area contributed by atoms with Crippen LogP contribution in [0.3, 0.4) is 0 Å². The number of nitrogens with zero attached hydrogens (tertiary/aromatic N) is 5. The molecule has 0 aliphatic heterocycles. The van der Waals surface area contributed by atoms with Gasteiger partial charge in [0.1, 0.15) is 11.4 Å². The van der Waals surface area contributed by atoms with E-state index in [1.807, 2.05) is 84.2 Å². The second kappa shape index (κ2) is 15.9. The monoisotopic (exact) mass is 683 g/mol. The van der Waals surface area contributed by atoms with Gasteiger partial charge >= 0.3 is 0 Å². The molecule has 0 radical (unpaired) electrons. The average Bonchev–Trinajstić information content (AvgIpc) is 3.00. The Bertz CT molecular complexity index is 1550. The standard InChI is InChI=1S/C32H40BrN5O3S.C2H6/c1-9-42-29-18-22(17-27(36-29)38(5)6)30(25-16-21-15-24(33)10-11-26(21)35-31(25)41-8)32(39,12-13-37(3)4)23-14-20(2)34-28(19-23)40-7;1-2/h10-11,14-19,30,39H,9,12-13H2,1-8H3;1-2H3. The predicted molar refractivity (Wildman–Crippen MR) is 187 cm³/mol. The van der Waals surface area contributed by atoms with Crippen LogP contribution in [0.25, 0.3) is 10.9 Å². The Morgan fingerprint density at radius 1 is 0.955 bits per heavy atom. The third-order valence-electron chi connectivity index (χ3n) is 7.22. The third-order valence-corrected chi connectivity index (χ3v) is 8.51. The van der Waals surface area contributed by atoms with Gasteiger partial charge in [0.2, 0.25) is 11.8 Å². The molecule has 1 N–H and O–H groups in total. The maximum atomic E-state index is 13.2. The Morgan fingerprint density at radius 2 is 1.68 bits per heavy atom. The van der Waals surface area contributed by atoms with Crippen LogP contribution < -0.4 is 14.4 Å². The lowest BCUT2D eigenvalue weighted by molar-refractivity contribution is 0.00340. The summed E-state index contributed by atoms with van der Waals surface area (Å²) in [4.78, 5) is 18.4. The maximum absolute atomic E-state index is 13.2. The molecule has 2 unspecified atom stereocenters. The summed E-state index contributed by atoms with van der Waals surface area (Å²) in [7, 11) is 11.2. The normalized spacial score (nSPS) is 13.2. The second-order valence-corrected chi connectivity index (χ2v) is 13.0. The van der Waals surface area contributed by atoms with Crippen LogP contribution in [0.4, 0.5) is 5.82 Å². The highest BCUT2D eigenvalue weighted by molar-refractivity contribution is 9.10. The lowest BCUT2D eigenvalue weighted by Crippen LogP contribution is -2.38. The first-order valence-electron chi connectivity index (χ1n) is 14.9. The Balaban J connectivity index is 0.00000259. The second-order valence-electron chi connectivity index (χ2n) is 10.8. The Hall–Kier alpha value is -2.92. The first-order chi connectivity index (χ1) is 21.0. The number of fused-ring (bicyclic) bond motifs is 1. The third kappa shape index (κ3) is 8.21. The number of benzene rings is 1. The fourth-order valence-electron chi connectivity index (χ4n) is 5.20. The van der Waals surface area contributed by atoms with Gasteiger partial charge in [-0.3, -0.25) is 0 Å². The molecule has 44 heavy (non-hydrogen) atoms. The largest absolute Gasteiger partial charge is 0.481 e. The molecule has 2 atom stereocenters. The Morgan fingerprint density at radius 3 is 2.30 bits per heavy atom. The number of aliphatic hydroxyl groups is 1. The summed E-state index contributed by atoms with van der Waals surface area (Å²) in [5, 5.41) is 15.0. The Labute approximate surface area is 275 Å². The van der Waals surface area contributed by atoms with Crippen LogP contribution in [-0.4, -0.2) is 79.7 Å². The van der Waals surface area contributed by atoms with Crippen molar-refractivity contribution in [3.05, 3.63) is 75.4 Å². The lowest BCUT2D eigenvalue weighted by atomic mass is 9.71. The molecule has 0 aliphatic rings. The van der Waals surface area contributed by atoms with E-state index in [0.717, 1.165) is 48.8 Å². The highest BCUT2D eigenvalue weighted by Gasteiger charge is 2.43. The molecule has 1 aromatic carbocycles. The van der Waals surface area contributed by atoms with Crippen molar-refractivity contribution >= 4 is 44.4 Å². The predicted octanol–water partition coefficient (Wildman–Crippen LogP) is 7.29. The zero-order valence-corrected chi connectivity index (χ0v) is 30.0. The highest BCUT2D eigenvalue weighted by Crippen LogP contribution is 2.49. The van der Waals surface area contributed by atoms with Gasteiger partial charge in [-0.05, 0) is 86.8 Å². The van der Waals surface area contributed by atoms with Gasteiger partial charge in [0.25, 0.3) is 0 Å². The summed E-state index contributed by atoms with van der Waals surface area (Å²) in [5.74, 6) is 2.01. The van der Waals surface area contributed by atoms with Crippen molar-refractivity contribution in [3.63, 3.8) is 0 Å². The zero-order chi connectivity index (χ0) is 32.6. The van der Waals surface area contributed by atoms with Gasteiger partial charge in [-0.15, -0.1) is 11.8 Å². The van der Waals surface area contributed by atoms with E-state index in [1.54, 1.807) is 26.0 Å². The van der Waals surface area contributed by atoms with Crippen LogP contribution in [0.5, 0.6) is 11.8 Å². The zero-order valence-electron chi connectivity index (χ0n) is 27.6. The number of methoxy groups -OCH3 is 2. The molecular weight excluding hydrogens is 638 g/mol. The number of ether oxygens (including phenoxy) is 2. The molecule has 0 spiro atoms. The van der Waals surface area contributed by atoms with E-state index in [1.165, 1.54) is 0 Å². The molecule has 238 valence electrons. The van der Waals surface area contributed by atoms with E-state index >= 15 is 0 Å². The molecule has 3 aromatic heterocycles. The molecular formula is C34H46BrN5O3S. The topological polar surface area (TPSA) is 83.8 Å². The molecule has 8 nitrogen and oxygen atoms in total. The van der Waals surface area contributed by atoms with E-state index in [-0.39, 0.29) is 0 Å². The fourth-order valence-corrected chi connectivity index (χ4v) is 6.25. The lowest BCUT2D eigenvalue weighted by Gasteiger charge is -2.39. The highest BCUT2D eigenvalue weighted by atomic mass is 79.9. The average molecular weight is 685 g/mol. The van der Waals surface area contributed by atoms with Gasteiger partial charge in [0.15, 0.2) is 0 Å². The van der Waals surface area contributed by atoms with Gasteiger partial charge in [-0.25, -0.2) is 15.0 Å². The molecule has 0 amide bonds. The van der Waals surface area contributed by atoms with Crippen molar-refractivity contribution in [2.75, 3.05) is 59.6 Å². The van der Waals surface area contributed by atoms with Crippen molar-refractivity contribution in [2.24, 2.45) is 0 Å². The van der Waals surface area contributed by atoms with Gasteiger partial charge in [-0.1, -0.05) is 36.7 Å². The Kier molecular flexibility index (Phi) is 12.8. The van der Waals surface area contributed by atoms with Crippen LogP contribution in [-0.2, 0) is 5.60 Å². The van der Waals surface area contributed by atoms with Gasteiger partial charge in [-0.2, -0.15) is 0 Å². The SMILES string of the molecule is CC.CCSc1cc(C(c2cc3cc(Br)ccc3nc2OC)C(O)(CCN(C)C)c2cc(C)nc(OC)c2)cc(N(C)C)n1. The molecule has 3 heterocycles. The number of pyridine rings is 3. The summed E-state index contributed by atoms with van der Waals surface area (Å²) in [5.41, 5.74) is 2.56. The molecule has 4 aromatic rings. The van der Waals surface area contributed by atoms with Crippen molar-refractivity contribution in [1.29, 1.82) is 0 Å². The summed E-state index contributed by atoms with van der Waals surface area (Å²) in [6, 6.07) is 16.0. The van der Waals surface area contributed by atoms with Crippen LogP contribution in [0.15, 0.2) is 58.0 Å². The van der Waals surface area contributed by atoms with E-state index < -0.39 is 11.5 Å². The van der Waals surface area contributed by atoms with Crippen LogP contribution in [0, 0.1) is 6.92 Å². The summed E-state index contributed by atoms with van der Waals surface area (Å²) in [6.07, 6.45) is 0.423. The molecule has 10 heteroatoms. The number of anilines is 1. The maximum Gasteiger partial charge on any atom is 0.217 e. The van der Waals surface area contributed by atoms with E-state index in [4.69, 9.17) is 19.4 Å². The number of rotatable bonds is 12.